The van der Waals surface area contributed by atoms with Gasteiger partial charge in [0.2, 0.25) is 0 Å². The molecule has 4 aromatic carbocycles. The summed E-state index contributed by atoms with van der Waals surface area (Å²) in [7, 11) is 0. The zero-order valence-electron chi connectivity index (χ0n) is 22.4. The molecular weight excluding hydrogens is 483 g/mol. The van der Waals surface area contributed by atoms with Crippen LogP contribution in [0.1, 0.15) is 55.2 Å². The highest BCUT2D eigenvalue weighted by atomic mass is 19.1. The molecule has 2 fully saturated rings. The van der Waals surface area contributed by atoms with Crippen molar-refractivity contribution in [2.24, 2.45) is 0 Å². The number of halogens is 1. The Kier molecular flexibility index (Phi) is 6.27. The van der Waals surface area contributed by atoms with Crippen LogP contribution in [0.2, 0.25) is 0 Å². The fourth-order valence-electron chi connectivity index (χ4n) is 6.68. The Balaban J connectivity index is 1.36. The van der Waals surface area contributed by atoms with Gasteiger partial charge in [-0.25, -0.2) is 4.39 Å². The van der Waals surface area contributed by atoms with Crippen molar-refractivity contribution in [1.29, 1.82) is 0 Å². The first-order chi connectivity index (χ1) is 19.2. The summed E-state index contributed by atoms with van der Waals surface area (Å²) in [5, 5.41) is 2.45. The summed E-state index contributed by atoms with van der Waals surface area (Å²) in [6.45, 7) is 4.33. The lowest BCUT2D eigenvalue weighted by atomic mass is 9.82. The van der Waals surface area contributed by atoms with Crippen molar-refractivity contribution in [2.75, 3.05) is 36.0 Å². The molecule has 0 spiro atoms. The Bertz CT molecular complexity index is 1520. The highest BCUT2D eigenvalue weighted by molar-refractivity contribution is 6.02. The van der Waals surface area contributed by atoms with E-state index in [0.29, 0.717) is 0 Å². The molecule has 0 bridgehead atoms. The molecule has 1 atom stereocenters. The summed E-state index contributed by atoms with van der Waals surface area (Å²) in [6, 6.07) is 26.5. The summed E-state index contributed by atoms with van der Waals surface area (Å²) < 4.78 is 21.7. The van der Waals surface area contributed by atoms with Gasteiger partial charge in [-0.1, -0.05) is 48.5 Å². The summed E-state index contributed by atoms with van der Waals surface area (Å²) in [5.41, 5.74) is 4.44. The first-order valence-electron chi connectivity index (χ1n) is 14.5. The van der Waals surface area contributed by atoms with Crippen molar-refractivity contribution in [1.82, 2.24) is 0 Å². The van der Waals surface area contributed by atoms with Crippen LogP contribution in [0.15, 0.2) is 84.9 Å². The maximum absolute atomic E-state index is 14.6. The molecule has 0 aliphatic carbocycles. The van der Waals surface area contributed by atoms with Crippen LogP contribution in [0.3, 0.4) is 0 Å². The SMILES string of the molecule is Fc1cccc(C2(c3ccc(N4CCCCC4)cc3)C=Cc3c(cc(N4CCCCC4)c4ccccc34)O2)c1. The molecule has 1 unspecified atom stereocenters. The standard InChI is InChI=1S/C35H35FN2O/c36-28-11-9-10-27(24-28)35(26-14-16-29(17-15-26)37-20-5-1-6-21-37)19-18-32-30-12-3-4-13-31(30)33(25-34(32)39-35)38-22-7-2-8-23-38/h3-4,9-19,24-25H,1-2,5-8,20-23H2. The molecule has 39 heavy (non-hydrogen) atoms. The predicted octanol–water partition coefficient (Wildman–Crippen LogP) is 8.31. The van der Waals surface area contributed by atoms with E-state index in [2.05, 4.69) is 76.5 Å². The average molecular weight is 519 g/mol. The molecule has 2 saturated heterocycles. The normalized spacial score (nSPS) is 21.1. The molecule has 3 aliphatic rings. The van der Waals surface area contributed by atoms with Crippen LogP contribution < -0.4 is 14.5 Å². The van der Waals surface area contributed by atoms with Crippen molar-refractivity contribution >= 4 is 28.2 Å². The second kappa shape index (κ2) is 10.1. The van der Waals surface area contributed by atoms with Gasteiger partial charge in [-0.2, -0.15) is 0 Å². The summed E-state index contributed by atoms with van der Waals surface area (Å²) in [4.78, 5) is 4.97. The number of rotatable bonds is 4. The summed E-state index contributed by atoms with van der Waals surface area (Å²) >= 11 is 0. The second-order valence-electron chi connectivity index (χ2n) is 11.2. The van der Waals surface area contributed by atoms with Gasteiger partial charge in [0.25, 0.3) is 0 Å². The number of nitrogens with zero attached hydrogens (tertiary/aromatic N) is 2. The number of benzene rings is 4. The minimum atomic E-state index is -0.919. The highest BCUT2D eigenvalue weighted by Gasteiger charge is 2.38. The van der Waals surface area contributed by atoms with Gasteiger partial charge in [-0.3, -0.25) is 0 Å². The van der Waals surface area contributed by atoms with Crippen LogP contribution in [0.25, 0.3) is 16.8 Å². The van der Waals surface area contributed by atoms with Crippen LogP contribution in [0.5, 0.6) is 5.75 Å². The molecule has 198 valence electrons. The molecule has 3 heterocycles. The van der Waals surface area contributed by atoms with Crippen LogP contribution in [-0.4, -0.2) is 26.2 Å². The van der Waals surface area contributed by atoms with E-state index in [0.717, 1.165) is 48.6 Å². The quantitative estimate of drug-likeness (QED) is 0.270. The minimum absolute atomic E-state index is 0.257. The minimum Gasteiger partial charge on any atom is -0.473 e. The van der Waals surface area contributed by atoms with Gasteiger partial charge in [0, 0.05) is 65.7 Å². The topological polar surface area (TPSA) is 15.7 Å². The number of hydrogen-bond donors (Lipinski definition) is 0. The van der Waals surface area contributed by atoms with E-state index < -0.39 is 5.60 Å². The Morgan fingerprint density at radius 1 is 0.641 bits per heavy atom. The van der Waals surface area contributed by atoms with Gasteiger partial charge in [-0.05, 0) is 80.3 Å². The molecule has 3 aliphatic heterocycles. The van der Waals surface area contributed by atoms with Crippen molar-refractivity contribution in [3.63, 3.8) is 0 Å². The van der Waals surface area contributed by atoms with Crippen molar-refractivity contribution < 1.29 is 9.13 Å². The Labute approximate surface area is 230 Å². The van der Waals surface area contributed by atoms with Crippen LogP contribution in [-0.2, 0) is 5.60 Å². The molecule has 3 nitrogen and oxygen atoms in total. The molecule has 4 aromatic rings. The van der Waals surface area contributed by atoms with Crippen LogP contribution in [0.4, 0.5) is 15.8 Å². The molecular formula is C35H35FN2O. The first-order valence-corrected chi connectivity index (χ1v) is 14.5. The molecule has 7 rings (SSSR count). The van der Waals surface area contributed by atoms with Crippen molar-refractivity contribution in [2.45, 2.75) is 44.1 Å². The number of fused-ring (bicyclic) bond motifs is 3. The fraction of sp³-hybridized carbons (Fsp3) is 0.314. The second-order valence-corrected chi connectivity index (χ2v) is 11.2. The third kappa shape index (κ3) is 4.36. The van der Waals surface area contributed by atoms with Crippen LogP contribution in [0, 0.1) is 5.82 Å². The third-order valence-corrected chi connectivity index (χ3v) is 8.75. The van der Waals surface area contributed by atoms with E-state index in [4.69, 9.17) is 4.74 Å². The van der Waals surface area contributed by atoms with E-state index >= 15 is 0 Å². The van der Waals surface area contributed by atoms with Gasteiger partial charge in [0.15, 0.2) is 5.60 Å². The number of piperidine rings is 2. The largest absolute Gasteiger partial charge is 0.473 e. The van der Waals surface area contributed by atoms with E-state index in [1.807, 2.05) is 6.07 Å². The predicted molar refractivity (Wildman–Crippen MR) is 159 cm³/mol. The highest BCUT2D eigenvalue weighted by Crippen LogP contribution is 2.47. The molecule has 0 saturated carbocycles. The zero-order valence-corrected chi connectivity index (χ0v) is 22.4. The number of hydrogen-bond acceptors (Lipinski definition) is 3. The lowest BCUT2D eigenvalue weighted by Gasteiger charge is -2.38. The van der Waals surface area contributed by atoms with Crippen molar-refractivity contribution in [3.8, 4) is 5.75 Å². The summed E-state index contributed by atoms with van der Waals surface area (Å²) in [6.07, 6.45) is 11.8. The van der Waals surface area contributed by atoms with Gasteiger partial charge in [-0.15, -0.1) is 0 Å². The van der Waals surface area contributed by atoms with Gasteiger partial charge >= 0.3 is 0 Å². The van der Waals surface area contributed by atoms with E-state index in [9.17, 15) is 4.39 Å². The third-order valence-electron chi connectivity index (χ3n) is 8.75. The Morgan fingerprint density at radius 3 is 2.05 bits per heavy atom. The molecule has 0 N–H and O–H groups in total. The lowest BCUT2D eigenvalue weighted by Crippen LogP contribution is -2.35. The molecule has 0 aromatic heterocycles. The van der Waals surface area contributed by atoms with Crippen LogP contribution >= 0.6 is 0 Å². The summed E-state index contributed by atoms with van der Waals surface area (Å²) in [5.74, 6) is 0.591. The Hall–Kier alpha value is -3.79. The molecule has 4 heteroatoms. The van der Waals surface area contributed by atoms with Crippen molar-refractivity contribution in [3.05, 3.63) is 107 Å². The molecule has 0 radical (unpaired) electrons. The number of ether oxygens (including phenoxy) is 1. The lowest BCUT2D eigenvalue weighted by molar-refractivity contribution is 0.161. The monoisotopic (exact) mass is 518 g/mol. The Morgan fingerprint density at radius 2 is 1.33 bits per heavy atom. The number of anilines is 2. The zero-order chi connectivity index (χ0) is 26.2. The maximum Gasteiger partial charge on any atom is 0.178 e. The smallest absolute Gasteiger partial charge is 0.178 e. The van der Waals surface area contributed by atoms with Gasteiger partial charge in [0.05, 0.1) is 0 Å². The molecule has 0 amide bonds. The van der Waals surface area contributed by atoms with E-state index in [1.54, 1.807) is 12.1 Å². The van der Waals surface area contributed by atoms with E-state index in [-0.39, 0.29) is 5.82 Å². The fourth-order valence-corrected chi connectivity index (χ4v) is 6.68. The maximum atomic E-state index is 14.6. The average Bonchev–Trinajstić information content (AvgIpc) is 3.01. The van der Waals surface area contributed by atoms with Gasteiger partial charge in [0.1, 0.15) is 11.6 Å². The van der Waals surface area contributed by atoms with Gasteiger partial charge < -0.3 is 14.5 Å². The van der Waals surface area contributed by atoms with E-state index in [1.165, 1.54) is 66.7 Å². The first kappa shape index (κ1) is 24.3.